The van der Waals surface area contributed by atoms with Crippen molar-refractivity contribution < 1.29 is 9.90 Å². The first-order valence-electron chi connectivity index (χ1n) is 6.61. The lowest BCUT2D eigenvalue weighted by Crippen LogP contribution is -2.26. The van der Waals surface area contributed by atoms with Gasteiger partial charge in [0.2, 0.25) is 0 Å². The van der Waals surface area contributed by atoms with Crippen LogP contribution in [0.1, 0.15) is 34.5 Å². The van der Waals surface area contributed by atoms with Crippen LogP contribution in [0.25, 0.3) is 0 Å². The second-order valence-corrected chi connectivity index (χ2v) is 4.52. The topological polar surface area (TPSA) is 62.2 Å². The number of carbonyl (C=O) groups excluding carboxylic acids is 1. The average molecular weight is 280 g/mol. The number of rotatable bonds is 3. The van der Waals surface area contributed by atoms with Crippen molar-refractivity contribution in [3.8, 4) is 11.8 Å². The molecule has 1 atom stereocenters. The highest BCUT2D eigenvalue weighted by atomic mass is 16.2. The summed E-state index contributed by atoms with van der Waals surface area (Å²) in [6.07, 6.45) is 3.17. The van der Waals surface area contributed by atoms with Gasteiger partial charge in [-0.05, 0) is 36.8 Å². The van der Waals surface area contributed by atoms with Crippen molar-refractivity contribution >= 4 is 5.91 Å². The number of aliphatic hydroxyl groups is 1. The van der Waals surface area contributed by atoms with E-state index in [1.165, 1.54) is 6.20 Å². The van der Waals surface area contributed by atoms with Crippen LogP contribution in [-0.4, -0.2) is 22.6 Å². The maximum Gasteiger partial charge on any atom is 0.253 e. The van der Waals surface area contributed by atoms with Gasteiger partial charge in [-0.1, -0.05) is 24.0 Å². The molecule has 0 aliphatic rings. The summed E-state index contributed by atoms with van der Waals surface area (Å²) in [5.41, 5.74) is 2.36. The molecule has 1 unspecified atom stereocenters. The smallest absolute Gasteiger partial charge is 0.253 e. The molecule has 106 valence electrons. The third-order valence-corrected chi connectivity index (χ3v) is 2.99. The lowest BCUT2D eigenvalue weighted by molar-refractivity contribution is 0.0939. The molecule has 0 saturated carbocycles. The Kier molecular flexibility index (Phi) is 5.08. The summed E-state index contributed by atoms with van der Waals surface area (Å²) in [5, 5.41) is 11.6. The number of nitrogens with zero attached hydrogens (tertiary/aromatic N) is 1. The fourth-order valence-corrected chi connectivity index (χ4v) is 1.86. The van der Waals surface area contributed by atoms with Crippen LogP contribution in [0.15, 0.2) is 48.8 Å². The zero-order valence-corrected chi connectivity index (χ0v) is 11.7. The van der Waals surface area contributed by atoms with Gasteiger partial charge in [0.15, 0.2) is 0 Å². The van der Waals surface area contributed by atoms with E-state index in [0.29, 0.717) is 5.56 Å². The highest BCUT2D eigenvalue weighted by Crippen LogP contribution is 2.13. The molecule has 1 aromatic heterocycles. The zero-order chi connectivity index (χ0) is 15.1. The number of aromatic nitrogens is 1. The fourth-order valence-electron chi connectivity index (χ4n) is 1.86. The Morgan fingerprint density at radius 3 is 2.71 bits per heavy atom. The van der Waals surface area contributed by atoms with E-state index in [1.54, 1.807) is 18.3 Å². The molecule has 0 fully saturated rings. The van der Waals surface area contributed by atoms with Crippen LogP contribution in [0.4, 0.5) is 0 Å². The molecule has 2 aromatic rings. The second-order valence-electron chi connectivity index (χ2n) is 4.52. The normalized spacial score (nSPS) is 11.1. The zero-order valence-electron chi connectivity index (χ0n) is 11.7. The summed E-state index contributed by atoms with van der Waals surface area (Å²) in [5.74, 6) is 5.27. The van der Waals surface area contributed by atoms with Crippen LogP contribution in [0, 0.1) is 11.8 Å². The van der Waals surface area contributed by atoms with Gasteiger partial charge in [-0.25, -0.2) is 0 Å². The Balaban J connectivity index is 2.03. The van der Waals surface area contributed by atoms with Crippen LogP contribution < -0.4 is 5.32 Å². The van der Waals surface area contributed by atoms with Crippen LogP contribution in [0.5, 0.6) is 0 Å². The summed E-state index contributed by atoms with van der Waals surface area (Å²) in [7, 11) is 0. The first-order valence-corrected chi connectivity index (χ1v) is 6.61. The van der Waals surface area contributed by atoms with E-state index < -0.39 is 0 Å². The maximum absolute atomic E-state index is 12.0. The number of carbonyl (C=O) groups is 1. The van der Waals surface area contributed by atoms with E-state index in [0.717, 1.165) is 11.1 Å². The molecule has 0 bridgehead atoms. The Bertz CT molecular complexity index is 655. The van der Waals surface area contributed by atoms with Crippen LogP contribution >= 0.6 is 0 Å². The van der Waals surface area contributed by atoms with Gasteiger partial charge in [0.1, 0.15) is 6.61 Å². The average Bonchev–Trinajstić information content (AvgIpc) is 2.54. The van der Waals surface area contributed by atoms with Crippen molar-refractivity contribution in [2.75, 3.05) is 6.61 Å². The molecular formula is C17H16N2O2. The first-order chi connectivity index (χ1) is 10.2. The molecule has 2 N–H and O–H groups in total. The van der Waals surface area contributed by atoms with E-state index in [2.05, 4.69) is 22.1 Å². The number of pyridine rings is 1. The maximum atomic E-state index is 12.0. The largest absolute Gasteiger partial charge is 0.384 e. The molecule has 1 aromatic carbocycles. The number of benzene rings is 1. The summed E-state index contributed by atoms with van der Waals surface area (Å²) >= 11 is 0. The summed E-state index contributed by atoms with van der Waals surface area (Å²) < 4.78 is 0. The van der Waals surface area contributed by atoms with E-state index in [9.17, 15) is 4.79 Å². The lowest BCUT2D eigenvalue weighted by Gasteiger charge is -2.14. The fraction of sp³-hybridized carbons (Fsp3) is 0.176. The monoisotopic (exact) mass is 280 g/mol. The van der Waals surface area contributed by atoms with Crippen LogP contribution in [0.3, 0.4) is 0 Å². The predicted octanol–water partition coefficient (Wildman–Crippen LogP) is 1.92. The van der Waals surface area contributed by atoms with Crippen LogP contribution in [0.2, 0.25) is 0 Å². The number of hydrogen-bond acceptors (Lipinski definition) is 3. The number of aliphatic hydroxyl groups excluding tert-OH is 1. The predicted molar refractivity (Wildman–Crippen MR) is 80.5 cm³/mol. The van der Waals surface area contributed by atoms with Gasteiger partial charge in [-0.2, -0.15) is 0 Å². The molecule has 1 amide bonds. The van der Waals surface area contributed by atoms with E-state index in [-0.39, 0.29) is 18.6 Å². The molecule has 21 heavy (non-hydrogen) atoms. The Hall–Kier alpha value is -2.64. The van der Waals surface area contributed by atoms with Crippen molar-refractivity contribution in [3.05, 3.63) is 65.5 Å². The van der Waals surface area contributed by atoms with Gasteiger partial charge in [-0.15, -0.1) is 0 Å². The molecule has 4 heteroatoms. The number of hydrogen-bond donors (Lipinski definition) is 2. The molecule has 0 saturated heterocycles. The Labute approximate surface area is 123 Å². The third kappa shape index (κ3) is 4.16. The van der Waals surface area contributed by atoms with E-state index >= 15 is 0 Å². The standard InChI is InChI=1S/C17H16N2O2/c1-13(19-17(21)16-5-2-10-18-12-16)15-8-6-14(7-9-15)4-3-11-20/h2,5-10,12-13,20H,11H2,1H3,(H,19,21). The first kappa shape index (κ1) is 14.8. The van der Waals surface area contributed by atoms with Gasteiger partial charge in [0, 0.05) is 18.0 Å². The van der Waals surface area contributed by atoms with Crippen molar-refractivity contribution in [3.63, 3.8) is 0 Å². The molecule has 1 heterocycles. The van der Waals surface area contributed by atoms with Gasteiger partial charge in [0.05, 0.1) is 11.6 Å². The minimum Gasteiger partial charge on any atom is -0.384 e. The summed E-state index contributed by atoms with van der Waals surface area (Å²) in [6.45, 7) is 1.77. The molecule has 0 spiro atoms. The van der Waals surface area contributed by atoms with Crippen molar-refractivity contribution in [2.24, 2.45) is 0 Å². The van der Waals surface area contributed by atoms with Gasteiger partial charge >= 0.3 is 0 Å². The number of nitrogens with one attached hydrogen (secondary N) is 1. The second kappa shape index (κ2) is 7.22. The van der Waals surface area contributed by atoms with Crippen molar-refractivity contribution in [1.82, 2.24) is 10.3 Å². The van der Waals surface area contributed by atoms with Crippen LogP contribution in [-0.2, 0) is 0 Å². The molecule has 0 radical (unpaired) electrons. The summed E-state index contributed by atoms with van der Waals surface area (Å²) in [4.78, 5) is 16.0. The molecule has 0 aliphatic heterocycles. The van der Waals surface area contributed by atoms with Crippen molar-refractivity contribution in [2.45, 2.75) is 13.0 Å². The SMILES string of the molecule is CC(NC(=O)c1cccnc1)c1ccc(C#CCO)cc1. The van der Waals surface area contributed by atoms with Gasteiger partial charge in [0.25, 0.3) is 5.91 Å². The Morgan fingerprint density at radius 1 is 1.33 bits per heavy atom. The highest BCUT2D eigenvalue weighted by molar-refractivity contribution is 5.94. The summed E-state index contributed by atoms with van der Waals surface area (Å²) in [6, 6.07) is 10.9. The minimum atomic E-state index is -0.153. The minimum absolute atomic E-state index is 0.113. The quantitative estimate of drug-likeness (QED) is 0.844. The highest BCUT2D eigenvalue weighted by Gasteiger charge is 2.11. The Morgan fingerprint density at radius 2 is 2.10 bits per heavy atom. The molecule has 4 nitrogen and oxygen atoms in total. The molecular weight excluding hydrogens is 264 g/mol. The van der Waals surface area contributed by atoms with E-state index in [4.69, 9.17) is 5.11 Å². The van der Waals surface area contributed by atoms with Gasteiger partial charge in [-0.3, -0.25) is 9.78 Å². The van der Waals surface area contributed by atoms with Gasteiger partial charge < -0.3 is 10.4 Å². The third-order valence-electron chi connectivity index (χ3n) is 2.99. The molecule has 2 rings (SSSR count). The number of amides is 1. The lowest BCUT2D eigenvalue weighted by atomic mass is 10.1. The van der Waals surface area contributed by atoms with E-state index in [1.807, 2.05) is 31.2 Å². The molecule has 0 aliphatic carbocycles. The van der Waals surface area contributed by atoms with Crippen molar-refractivity contribution in [1.29, 1.82) is 0 Å².